The van der Waals surface area contributed by atoms with Crippen molar-refractivity contribution >= 4 is 35.6 Å². The lowest BCUT2D eigenvalue weighted by Gasteiger charge is -2.32. The van der Waals surface area contributed by atoms with Crippen LogP contribution in [0.4, 0.5) is 17.6 Å². The Morgan fingerprint density at radius 3 is 1.92 bits per heavy atom. The average Bonchev–Trinajstić information content (AvgIpc) is 2.99. The van der Waals surface area contributed by atoms with Crippen LogP contribution in [0.2, 0.25) is 0 Å². The van der Waals surface area contributed by atoms with Crippen molar-refractivity contribution in [2.24, 2.45) is 5.41 Å². The van der Waals surface area contributed by atoms with Crippen molar-refractivity contribution in [2.45, 2.75) is 108 Å². The van der Waals surface area contributed by atoms with Crippen molar-refractivity contribution in [1.29, 1.82) is 0 Å². The molecule has 0 aliphatic heterocycles. The van der Waals surface area contributed by atoms with Crippen molar-refractivity contribution in [1.82, 2.24) is 10.2 Å². The van der Waals surface area contributed by atoms with Crippen LogP contribution in [0.1, 0.15) is 65.5 Å². The van der Waals surface area contributed by atoms with Crippen molar-refractivity contribution in [3.63, 3.8) is 0 Å². The summed E-state index contributed by atoms with van der Waals surface area (Å²) >= 11 is -0.308. The van der Waals surface area contributed by atoms with Gasteiger partial charge in [0, 0.05) is 24.8 Å². The van der Waals surface area contributed by atoms with E-state index >= 15 is 4.39 Å². The predicted octanol–water partition coefficient (Wildman–Crippen LogP) is 6.42. The molecule has 0 spiro atoms. The second kappa shape index (κ2) is 17.8. The predicted molar refractivity (Wildman–Crippen MR) is 177 cm³/mol. The van der Waals surface area contributed by atoms with Gasteiger partial charge in [0.05, 0.1) is 0 Å². The van der Waals surface area contributed by atoms with Gasteiger partial charge in [-0.3, -0.25) is 9.59 Å². The summed E-state index contributed by atoms with van der Waals surface area (Å²) in [5.74, 6) is -3.59. The summed E-state index contributed by atoms with van der Waals surface area (Å²) in [5, 5.41) is 2.87. The third-order valence-corrected chi connectivity index (χ3v) is 7.92. The molecule has 9 nitrogen and oxygen atoms in total. The molecular formula is C35H46F4N2O7S. The smallest absolute Gasteiger partial charge is 0.446 e. The Balaban J connectivity index is 2.31. The Kier molecular flexibility index (Phi) is 15.1. The van der Waals surface area contributed by atoms with Crippen LogP contribution in [0.15, 0.2) is 59.5 Å². The molecule has 0 aliphatic rings. The third-order valence-electron chi connectivity index (χ3n) is 7.18. The molecule has 0 aromatic heterocycles. The largest absolute Gasteiger partial charge is 0.458 e. The van der Waals surface area contributed by atoms with E-state index in [9.17, 15) is 32.3 Å². The van der Waals surface area contributed by atoms with E-state index in [1.807, 2.05) is 20.8 Å². The summed E-state index contributed by atoms with van der Waals surface area (Å²) in [5.41, 5.74) is -5.73. The summed E-state index contributed by atoms with van der Waals surface area (Å²) in [6, 6.07) is 11.5. The van der Waals surface area contributed by atoms with Crippen molar-refractivity contribution in [2.75, 3.05) is 14.1 Å². The Morgan fingerprint density at radius 2 is 1.41 bits per heavy atom. The molecule has 2 aromatic rings. The molecule has 1 amide bonds. The van der Waals surface area contributed by atoms with E-state index in [0.29, 0.717) is 17.5 Å². The first kappa shape index (κ1) is 41.5. The van der Waals surface area contributed by atoms with Crippen LogP contribution in [0, 0.1) is 5.41 Å². The molecule has 49 heavy (non-hydrogen) atoms. The number of alkyl halides is 4. The summed E-state index contributed by atoms with van der Waals surface area (Å²) < 4.78 is 69.9. The van der Waals surface area contributed by atoms with Gasteiger partial charge in [0.15, 0.2) is 6.10 Å². The number of likely N-dealkylation sites (N-methyl/N-ethyl adjacent to an activating group) is 2. The number of esters is 3. The van der Waals surface area contributed by atoms with E-state index in [1.54, 1.807) is 37.4 Å². The number of carbonyl (C=O) groups excluding carboxylic acids is 4. The van der Waals surface area contributed by atoms with E-state index in [1.165, 1.54) is 52.1 Å². The summed E-state index contributed by atoms with van der Waals surface area (Å²) in [6.07, 6.45) is -3.36. The minimum absolute atomic E-state index is 0.0870. The first-order chi connectivity index (χ1) is 22.6. The van der Waals surface area contributed by atoms with Crippen LogP contribution in [0.3, 0.4) is 0 Å². The number of amides is 1. The number of rotatable bonds is 16. The lowest BCUT2D eigenvalue weighted by molar-refractivity contribution is -0.175. The van der Waals surface area contributed by atoms with Gasteiger partial charge < -0.3 is 24.4 Å². The number of hydrogen-bond acceptors (Lipinski definition) is 9. The van der Waals surface area contributed by atoms with Crippen LogP contribution >= 0.6 is 11.8 Å². The molecule has 0 radical (unpaired) electrons. The van der Waals surface area contributed by atoms with Gasteiger partial charge in [-0.1, -0.05) is 63.2 Å². The van der Waals surface area contributed by atoms with E-state index in [-0.39, 0.29) is 35.1 Å². The molecule has 2 aromatic carbocycles. The highest BCUT2D eigenvalue weighted by atomic mass is 32.2. The van der Waals surface area contributed by atoms with Gasteiger partial charge in [-0.05, 0) is 74.7 Å². The van der Waals surface area contributed by atoms with E-state index in [2.05, 4.69) is 5.32 Å². The van der Waals surface area contributed by atoms with Gasteiger partial charge >= 0.3 is 23.4 Å². The number of carbonyl (C=O) groups is 4. The maximum Gasteiger partial charge on any atom is 0.446 e. The molecule has 0 heterocycles. The van der Waals surface area contributed by atoms with Gasteiger partial charge in [-0.25, -0.2) is 14.0 Å². The van der Waals surface area contributed by atoms with Gasteiger partial charge in [-0.2, -0.15) is 13.2 Å². The SMILES string of the molecule is CN[C@@H](CC(C)(C)C)C(=O)O[C@H](C)C(=O)N(C)[C@@H](CC(C)(C)F)C(=O)O[C@@H](Cc1ccc(SC(F)(F)F)cc1)C(=O)OCc1ccccc1. The van der Waals surface area contributed by atoms with Crippen molar-refractivity contribution in [3.8, 4) is 0 Å². The molecule has 2 rings (SSSR count). The normalized spacial score (nSPS) is 14.6. The molecular weight excluding hydrogens is 668 g/mol. The Bertz CT molecular complexity index is 1390. The fourth-order valence-corrected chi connectivity index (χ4v) is 5.30. The molecule has 272 valence electrons. The van der Waals surface area contributed by atoms with Crippen LogP contribution in [0.25, 0.3) is 0 Å². The Labute approximate surface area is 289 Å². The standard InChI is InChI=1S/C35H46F4N2O7S/c1-22(47-30(43)26(40-7)19-33(2,3)4)29(42)41(8)27(20-34(5,6)36)31(44)48-28(32(45)46-21-24-12-10-9-11-13-24)18-23-14-16-25(17-15-23)49-35(37,38)39/h9-17,22,26-28,40H,18-21H2,1-8H3/t22-,26+,27+,28+/m1/s1. The highest BCUT2D eigenvalue weighted by molar-refractivity contribution is 8.00. The number of ether oxygens (including phenoxy) is 3. The topological polar surface area (TPSA) is 111 Å². The molecule has 0 saturated carbocycles. The van der Waals surface area contributed by atoms with Crippen LogP contribution in [-0.2, 0) is 46.4 Å². The number of hydrogen-bond donors (Lipinski definition) is 1. The number of nitrogens with zero attached hydrogens (tertiary/aromatic N) is 1. The average molecular weight is 715 g/mol. The van der Waals surface area contributed by atoms with E-state index < -0.39 is 65.7 Å². The summed E-state index contributed by atoms with van der Waals surface area (Å²) in [6.45, 7) is 9.38. The lowest BCUT2D eigenvalue weighted by atomic mass is 9.88. The quantitative estimate of drug-likeness (QED) is 0.0912. The first-order valence-corrected chi connectivity index (χ1v) is 16.5. The molecule has 0 aliphatic carbocycles. The lowest BCUT2D eigenvalue weighted by Crippen LogP contribution is -2.51. The number of nitrogens with one attached hydrogen (secondary N) is 1. The fraction of sp³-hybridized carbons (Fsp3) is 0.543. The van der Waals surface area contributed by atoms with Crippen molar-refractivity contribution in [3.05, 3.63) is 65.7 Å². The zero-order chi connectivity index (χ0) is 37.2. The zero-order valence-electron chi connectivity index (χ0n) is 29.1. The molecule has 0 unspecified atom stereocenters. The minimum atomic E-state index is -4.50. The first-order valence-electron chi connectivity index (χ1n) is 15.7. The fourth-order valence-electron chi connectivity index (χ4n) is 4.76. The molecule has 0 bridgehead atoms. The molecule has 4 atom stereocenters. The highest BCUT2D eigenvalue weighted by Crippen LogP contribution is 2.37. The third kappa shape index (κ3) is 15.2. The summed E-state index contributed by atoms with van der Waals surface area (Å²) in [4.78, 5) is 54.1. The van der Waals surface area contributed by atoms with Crippen molar-refractivity contribution < 1.29 is 51.0 Å². The maximum atomic E-state index is 15.0. The number of halogens is 4. The second-order valence-corrected chi connectivity index (χ2v) is 14.6. The van der Waals surface area contributed by atoms with E-state index in [0.717, 1.165) is 4.90 Å². The maximum absolute atomic E-state index is 15.0. The molecule has 14 heteroatoms. The Hall–Kier alpha value is -3.65. The van der Waals surface area contributed by atoms with Gasteiger partial charge in [-0.15, -0.1) is 0 Å². The number of benzene rings is 2. The molecule has 1 N–H and O–H groups in total. The minimum Gasteiger partial charge on any atom is -0.458 e. The van der Waals surface area contributed by atoms with Gasteiger partial charge in [0.1, 0.15) is 24.4 Å². The Morgan fingerprint density at radius 1 is 0.816 bits per heavy atom. The van der Waals surface area contributed by atoms with Crippen LogP contribution in [0.5, 0.6) is 0 Å². The molecule has 0 saturated heterocycles. The number of thioether (sulfide) groups is 1. The zero-order valence-corrected chi connectivity index (χ0v) is 29.9. The monoisotopic (exact) mass is 714 g/mol. The summed E-state index contributed by atoms with van der Waals surface area (Å²) in [7, 11) is 2.82. The van der Waals surface area contributed by atoms with Crippen LogP contribution < -0.4 is 5.32 Å². The van der Waals surface area contributed by atoms with Gasteiger partial charge in [0.2, 0.25) is 6.10 Å². The van der Waals surface area contributed by atoms with Gasteiger partial charge in [0.25, 0.3) is 5.91 Å². The highest BCUT2D eigenvalue weighted by Gasteiger charge is 2.39. The molecule has 0 fully saturated rings. The second-order valence-electron chi connectivity index (χ2n) is 13.5. The van der Waals surface area contributed by atoms with Crippen LogP contribution in [-0.4, -0.2) is 78.3 Å². The van der Waals surface area contributed by atoms with E-state index in [4.69, 9.17) is 14.2 Å².